The number of carbonyl (C=O) groups excluding carboxylic acids is 1. The maximum Gasteiger partial charge on any atom is 0.263 e. The van der Waals surface area contributed by atoms with Gasteiger partial charge in [-0.1, -0.05) is 12.2 Å². The zero-order valence-electron chi connectivity index (χ0n) is 9.12. The van der Waals surface area contributed by atoms with Crippen LogP contribution in [-0.2, 0) is 0 Å². The predicted octanol–water partition coefficient (Wildman–Crippen LogP) is 2.57. The number of halogens is 1. The number of rotatable bonds is 4. The van der Waals surface area contributed by atoms with Gasteiger partial charge in [-0.3, -0.25) is 4.79 Å². The van der Waals surface area contributed by atoms with Gasteiger partial charge in [0.05, 0.1) is 13.7 Å². The smallest absolute Gasteiger partial charge is 0.263 e. The molecular weight excluding hydrogens is 308 g/mol. The molecule has 0 spiro atoms. The van der Waals surface area contributed by atoms with Gasteiger partial charge in [0.2, 0.25) is 0 Å². The molecule has 0 fully saturated rings. The Kier molecular flexibility index (Phi) is 4.89. The molecule has 2 N–H and O–H groups in total. The molecule has 6 heteroatoms. The Morgan fingerprint density at radius 1 is 1.69 bits per heavy atom. The molecule has 0 atom stereocenters. The molecule has 1 aromatic rings. The van der Waals surface area contributed by atoms with Crippen molar-refractivity contribution in [3.05, 3.63) is 20.3 Å². The van der Waals surface area contributed by atoms with Crippen LogP contribution in [0.25, 0.3) is 0 Å². The molecule has 0 saturated carbocycles. The quantitative estimate of drug-likeness (QED) is 0.867. The molecular formula is C10H13BrN2OS2. The van der Waals surface area contributed by atoms with Gasteiger partial charge >= 0.3 is 0 Å². The van der Waals surface area contributed by atoms with Crippen LogP contribution in [0.15, 0.2) is 9.85 Å². The standard InChI is InChI=1S/C10H13BrN2OS2/c1-6-5-7(16-9(6)11)10(14)13(2)4-3-8(12)15/h5H,3-4H2,1-2H3,(H2,12,15). The van der Waals surface area contributed by atoms with Crippen molar-refractivity contribution in [2.75, 3.05) is 13.6 Å². The topological polar surface area (TPSA) is 46.3 Å². The number of hydrogen-bond acceptors (Lipinski definition) is 3. The Morgan fingerprint density at radius 2 is 2.31 bits per heavy atom. The highest BCUT2D eigenvalue weighted by Crippen LogP contribution is 2.27. The van der Waals surface area contributed by atoms with Gasteiger partial charge in [0.15, 0.2) is 0 Å². The second kappa shape index (κ2) is 5.75. The molecule has 0 unspecified atom stereocenters. The maximum atomic E-state index is 12.0. The highest BCUT2D eigenvalue weighted by Gasteiger charge is 2.15. The minimum absolute atomic E-state index is 0.00931. The minimum Gasteiger partial charge on any atom is -0.393 e. The van der Waals surface area contributed by atoms with Gasteiger partial charge in [0.1, 0.15) is 0 Å². The summed E-state index contributed by atoms with van der Waals surface area (Å²) in [5, 5.41) is 0. The van der Waals surface area contributed by atoms with E-state index in [0.29, 0.717) is 18.0 Å². The summed E-state index contributed by atoms with van der Waals surface area (Å²) >= 11 is 9.63. The number of nitrogens with two attached hydrogens (primary N) is 1. The van der Waals surface area contributed by atoms with Crippen LogP contribution in [0.1, 0.15) is 21.7 Å². The van der Waals surface area contributed by atoms with Gasteiger partial charge in [0, 0.05) is 20.0 Å². The Bertz CT molecular complexity index is 397. The predicted molar refractivity (Wildman–Crippen MR) is 75.1 cm³/mol. The van der Waals surface area contributed by atoms with Crippen LogP contribution >= 0.6 is 39.5 Å². The molecule has 88 valence electrons. The summed E-state index contributed by atoms with van der Waals surface area (Å²) in [6.45, 7) is 2.52. The second-order valence-electron chi connectivity index (χ2n) is 3.51. The number of thiocarbonyl (C=S) groups is 1. The van der Waals surface area contributed by atoms with E-state index in [1.54, 1.807) is 11.9 Å². The van der Waals surface area contributed by atoms with Gasteiger partial charge in [-0.15, -0.1) is 11.3 Å². The number of nitrogens with zero attached hydrogens (tertiary/aromatic N) is 1. The molecule has 0 aliphatic carbocycles. The van der Waals surface area contributed by atoms with Gasteiger partial charge < -0.3 is 10.6 Å². The van der Waals surface area contributed by atoms with Crippen molar-refractivity contribution in [1.29, 1.82) is 0 Å². The Balaban J connectivity index is 2.66. The van der Waals surface area contributed by atoms with E-state index in [0.717, 1.165) is 14.2 Å². The number of hydrogen-bond donors (Lipinski definition) is 1. The average Bonchev–Trinajstić information content (AvgIpc) is 2.54. The van der Waals surface area contributed by atoms with Crippen LogP contribution in [0.3, 0.4) is 0 Å². The normalized spacial score (nSPS) is 10.2. The van der Waals surface area contributed by atoms with E-state index in [9.17, 15) is 4.79 Å². The maximum absolute atomic E-state index is 12.0. The van der Waals surface area contributed by atoms with E-state index >= 15 is 0 Å². The summed E-state index contributed by atoms with van der Waals surface area (Å²) in [6.07, 6.45) is 0.559. The van der Waals surface area contributed by atoms with E-state index < -0.39 is 0 Å². The summed E-state index contributed by atoms with van der Waals surface area (Å²) in [7, 11) is 1.75. The van der Waals surface area contributed by atoms with Gasteiger partial charge in [-0.2, -0.15) is 0 Å². The largest absolute Gasteiger partial charge is 0.393 e. The number of carbonyl (C=O) groups is 1. The monoisotopic (exact) mass is 320 g/mol. The molecule has 0 aliphatic heterocycles. The third-order valence-corrected chi connectivity index (χ3v) is 4.44. The van der Waals surface area contributed by atoms with Gasteiger partial charge in [-0.05, 0) is 34.5 Å². The number of amides is 1. The van der Waals surface area contributed by atoms with Crippen molar-refractivity contribution in [2.45, 2.75) is 13.3 Å². The van der Waals surface area contributed by atoms with Crippen LogP contribution < -0.4 is 5.73 Å². The fourth-order valence-corrected chi connectivity index (χ4v) is 2.75. The molecule has 0 aliphatic rings. The van der Waals surface area contributed by atoms with Crippen molar-refractivity contribution < 1.29 is 4.79 Å². The summed E-state index contributed by atoms with van der Waals surface area (Å²) in [6, 6.07) is 1.88. The fraction of sp³-hybridized carbons (Fsp3) is 0.400. The van der Waals surface area contributed by atoms with Crippen LogP contribution in [0.5, 0.6) is 0 Å². The fourth-order valence-electron chi connectivity index (χ4n) is 1.13. The summed E-state index contributed by atoms with van der Waals surface area (Å²) in [5.74, 6) is 0.00931. The van der Waals surface area contributed by atoms with E-state index in [2.05, 4.69) is 15.9 Å². The van der Waals surface area contributed by atoms with E-state index in [1.807, 2.05) is 13.0 Å². The van der Waals surface area contributed by atoms with Crippen LogP contribution in [-0.4, -0.2) is 29.4 Å². The SMILES string of the molecule is Cc1cc(C(=O)N(C)CCC(N)=S)sc1Br. The molecule has 1 rings (SSSR count). The Hall–Kier alpha value is -0.460. The molecule has 0 saturated heterocycles. The molecule has 1 aromatic heterocycles. The lowest BCUT2D eigenvalue weighted by atomic mass is 10.3. The van der Waals surface area contributed by atoms with Crippen LogP contribution in [0, 0.1) is 6.92 Å². The first-order valence-corrected chi connectivity index (χ1v) is 6.73. The molecule has 1 heterocycles. The first-order valence-electron chi connectivity index (χ1n) is 4.71. The molecule has 0 radical (unpaired) electrons. The first-order chi connectivity index (χ1) is 7.41. The number of aryl methyl sites for hydroxylation is 1. The highest BCUT2D eigenvalue weighted by atomic mass is 79.9. The zero-order valence-corrected chi connectivity index (χ0v) is 12.3. The molecule has 3 nitrogen and oxygen atoms in total. The van der Waals surface area contributed by atoms with Crippen molar-refractivity contribution in [3.63, 3.8) is 0 Å². The van der Waals surface area contributed by atoms with Crippen molar-refractivity contribution >= 4 is 50.4 Å². The van der Waals surface area contributed by atoms with Crippen LogP contribution in [0.2, 0.25) is 0 Å². The lowest BCUT2D eigenvalue weighted by Gasteiger charge is -2.15. The van der Waals surface area contributed by atoms with E-state index in [1.165, 1.54) is 11.3 Å². The summed E-state index contributed by atoms with van der Waals surface area (Å²) < 4.78 is 0.999. The van der Waals surface area contributed by atoms with Gasteiger partial charge in [0.25, 0.3) is 5.91 Å². The van der Waals surface area contributed by atoms with E-state index in [-0.39, 0.29) is 5.91 Å². The van der Waals surface area contributed by atoms with Crippen molar-refractivity contribution in [2.24, 2.45) is 5.73 Å². The summed E-state index contributed by atoms with van der Waals surface area (Å²) in [5.41, 5.74) is 6.48. The minimum atomic E-state index is 0.00931. The van der Waals surface area contributed by atoms with Gasteiger partial charge in [-0.25, -0.2) is 0 Å². The number of thiophene rings is 1. The Morgan fingerprint density at radius 3 is 2.75 bits per heavy atom. The lowest BCUT2D eigenvalue weighted by Crippen LogP contribution is -2.29. The third kappa shape index (κ3) is 3.54. The van der Waals surface area contributed by atoms with Crippen molar-refractivity contribution in [1.82, 2.24) is 4.90 Å². The molecule has 0 aromatic carbocycles. The highest BCUT2D eigenvalue weighted by molar-refractivity contribution is 9.11. The van der Waals surface area contributed by atoms with Crippen molar-refractivity contribution in [3.8, 4) is 0 Å². The van der Waals surface area contributed by atoms with Crippen LogP contribution in [0.4, 0.5) is 0 Å². The molecule has 0 bridgehead atoms. The average molecular weight is 321 g/mol. The second-order valence-corrected chi connectivity index (χ2v) is 6.40. The lowest BCUT2D eigenvalue weighted by molar-refractivity contribution is 0.0803. The first kappa shape index (κ1) is 13.6. The zero-order chi connectivity index (χ0) is 12.3. The van der Waals surface area contributed by atoms with E-state index in [4.69, 9.17) is 18.0 Å². The third-order valence-electron chi connectivity index (χ3n) is 2.11. The molecule has 1 amide bonds. The molecule has 16 heavy (non-hydrogen) atoms. The Labute approximate surface area is 113 Å². The summed E-state index contributed by atoms with van der Waals surface area (Å²) in [4.78, 5) is 14.8.